The summed E-state index contributed by atoms with van der Waals surface area (Å²) in [5.74, 6) is 0.589. The molecule has 0 radical (unpaired) electrons. The Morgan fingerprint density at radius 2 is 2.06 bits per heavy atom. The number of hydrogen-bond acceptors (Lipinski definition) is 6. The first-order valence-electron chi connectivity index (χ1n) is 4.85. The van der Waals surface area contributed by atoms with Gasteiger partial charge in [0.05, 0.1) is 0 Å². The van der Waals surface area contributed by atoms with Crippen molar-refractivity contribution in [2.75, 3.05) is 17.6 Å². The number of nitrogen functional groups attached to an aromatic ring is 1. The molecule has 0 aliphatic heterocycles. The van der Waals surface area contributed by atoms with E-state index in [0.29, 0.717) is 5.95 Å². The van der Waals surface area contributed by atoms with Crippen molar-refractivity contribution in [1.29, 1.82) is 0 Å². The number of nitrogens with one attached hydrogen (secondary N) is 1. The van der Waals surface area contributed by atoms with Crippen LogP contribution in [-0.4, -0.2) is 21.0 Å². The molecular weight excluding hydrogens is 224 g/mol. The second kappa shape index (κ2) is 4.80. The molecule has 0 unspecified atom stereocenters. The van der Waals surface area contributed by atoms with E-state index in [4.69, 9.17) is 10.8 Å². The number of hydrogen-bond donors (Lipinski definition) is 3. The van der Waals surface area contributed by atoms with E-state index in [1.165, 1.54) is 11.5 Å². The lowest BCUT2D eigenvalue weighted by atomic mass is 10.1. The zero-order chi connectivity index (χ0) is 11.4. The van der Waals surface area contributed by atoms with E-state index in [-0.39, 0.29) is 5.75 Å². The van der Waals surface area contributed by atoms with E-state index in [1.54, 1.807) is 12.1 Å². The van der Waals surface area contributed by atoms with E-state index in [1.807, 2.05) is 12.1 Å². The molecule has 2 rings (SSSR count). The zero-order valence-corrected chi connectivity index (χ0v) is 9.37. The first-order chi connectivity index (χ1) is 7.74. The average Bonchev–Trinajstić information content (AvgIpc) is 2.67. The molecule has 0 fully saturated rings. The molecule has 0 aliphatic rings. The van der Waals surface area contributed by atoms with Crippen LogP contribution in [0.1, 0.15) is 5.56 Å². The van der Waals surface area contributed by atoms with Gasteiger partial charge in [0.2, 0.25) is 11.1 Å². The van der Waals surface area contributed by atoms with Crippen LogP contribution in [0.4, 0.5) is 11.1 Å². The average molecular weight is 236 g/mol. The molecule has 4 N–H and O–H groups in total. The van der Waals surface area contributed by atoms with Crippen molar-refractivity contribution in [3.05, 3.63) is 29.8 Å². The highest BCUT2D eigenvalue weighted by molar-refractivity contribution is 7.09. The minimum absolute atomic E-state index is 0.286. The third-order valence-corrected chi connectivity index (χ3v) is 2.75. The number of benzene rings is 1. The number of phenolic OH excluding ortho intramolecular Hbond substituents is 1. The standard InChI is InChI=1S/C10H12N4OS/c11-9-13-10(16-14-9)12-6-5-7-1-3-8(15)4-2-7/h1-4,15H,5-6H2,(H3,11,12,13,14). The first kappa shape index (κ1) is 10.7. The minimum Gasteiger partial charge on any atom is -0.508 e. The molecule has 0 saturated carbocycles. The number of nitrogens with two attached hydrogens (primary N) is 1. The summed E-state index contributed by atoms with van der Waals surface area (Å²) in [6.07, 6.45) is 0.861. The van der Waals surface area contributed by atoms with Gasteiger partial charge in [-0.15, -0.1) is 0 Å². The molecule has 1 aromatic carbocycles. The lowest BCUT2D eigenvalue weighted by molar-refractivity contribution is 0.475. The van der Waals surface area contributed by atoms with Gasteiger partial charge in [-0.1, -0.05) is 12.1 Å². The molecule has 6 heteroatoms. The maximum Gasteiger partial charge on any atom is 0.233 e. The maximum absolute atomic E-state index is 9.12. The summed E-state index contributed by atoms with van der Waals surface area (Å²) >= 11 is 1.25. The fraction of sp³-hybridized carbons (Fsp3) is 0.200. The fourth-order valence-corrected chi connectivity index (χ4v) is 1.80. The Morgan fingerprint density at radius 3 is 2.69 bits per heavy atom. The molecule has 0 aliphatic carbocycles. The van der Waals surface area contributed by atoms with E-state index in [0.717, 1.165) is 23.7 Å². The lowest BCUT2D eigenvalue weighted by Gasteiger charge is -2.02. The van der Waals surface area contributed by atoms with Crippen LogP contribution >= 0.6 is 11.5 Å². The van der Waals surface area contributed by atoms with Crippen molar-refractivity contribution in [3.63, 3.8) is 0 Å². The molecule has 84 valence electrons. The second-order valence-electron chi connectivity index (χ2n) is 3.30. The third-order valence-electron chi connectivity index (χ3n) is 2.07. The summed E-state index contributed by atoms with van der Waals surface area (Å²) in [6.45, 7) is 0.763. The van der Waals surface area contributed by atoms with Gasteiger partial charge < -0.3 is 16.2 Å². The smallest absolute Gasteiger partial charge is 0.233 e. The van der Waals surface area contributed by atoms with Crippen LogP contribution in [0.3, 0.4) is 0 Å². The number of nitrogens with zero attached hydrogens (tertiary/aromatic N) is 2. The van der Waals surface area contributed by atoms with Crippen molar-refractivity contribution in [2.24, 2.45) is 0 Å². The van der Waals surface area contributed by atoms with E-state index < -0.39 is 0 Å². The highest BCUT2D eigenvalue weighted by Crippen LogP contribution is 2.13. The van der Waals surface area contributed by atoms with Crippen LogP contribution in [0.15, 0.2) is 24.3 Å². The summed E-state index contributed by atoms with van der Waals surface area (Å²) in [5, 5.41) is 13.0. The van der Waals surface area contributed by atoms with Crippen molar-refractivity contribution >= 4 is 22.6 Å². The number of aromatic hydroxyl groups is 1. The Hall–Kier alpha value is -1.82. The molecule has 0 atom stereocenters. The van der Waals surface area contributed by atoms with Gasteiger partial charge in [-0.05, 0) is 24.1 Å². The van der Waals surface area contributed by atoms with Crippen molar-refractivity contribution in [3.8, 4) is 5.75 Å². The molecule has 16 heavy (non-hydrogen) atoms. The zero-order valence-electron chi connectivity index (χ0n) is 8.55. The van der Waals surface area contributed by atoms with Crippen LogP contribution in [-0.2, 0) is 6.42 Å². The van der Waals surface area contributed by atoms with Gasteiger partial charge in [-0.2, -0.15) is 9.36 Å². The van der Waals surface area contributed by atoms with Gasteiger partial charge in [0.25, 0.3) is 0 Å². The number of anilines is 2. The lowest BCUT2D eigenvalue weighted by Crippen LogP contribution is -2.04. The fourth-order valence-electron chi connectivity index (χ4n) is 1.28. The van der Waals surface area contributed by atoms with Crippen LogP contribution in [0.5, 0.6) is 5.75 Å². The maximum atomic E-state index is 9.12. The second-order valence-corrected chi connectivity index (χ2v) is 4.05. The van der Waals surface area contributed by atoms with Crippen LogP contribution in [0, 0.1) is 0 Å². The molecule has 0 saturated heterocycles. The van der Waals surface area contributed by atoms with Gasteiger partial charge in [0.1, 0.15) is 5.75 Å². The van der Waals surface area contributed by atoms with Gasteiger partial charge >= 0.3 is 0 Å². The molecule has 0 amide bonds. The molecule has 2 aromatic rings. The van der Waals surface area contributed by atoms with Crippen LogP contribution < -0.4 is 11.1 Å². The van der Waals surface area contributed by atoms with Gasteiger partial charge in [0, 0.05) is 18.1 Å². The van der Waals surface area contributed by atoms with Gasteiger partial charge in [-0.25, -0.2) is 0 Å². The minimum atomic E-state index is 0.286. The first-order valence-corrected chi connectivity index (χ1v) is 5.62. The topological polar surface area (TPSA) is 84.1 Å². The van der Waals surface area contributed by atoms with E-state index in [9.17, 15) is 0 Å². The molecule has 5 nitrogen and oxygen atoms in total. The van der Waals surface area contributed by atoms with Gasteiger partial charge in [-0.3, -0.25) is 0 Å². The Bertz CT molecular complexity index is 454. The summed E-state index contributed by atoms with van der Waals surface area (Å²) in [6, 6.07) is 7.15. The Kier molecular flexibility index (Phi) is 3.21. The van der Waals surface area contributed by atoms with E-state index >= 15 is 0 Å². The van der Waals surface area contributed by atoms with Gasteiger partial charge in [0.15, 0.2) is 0 Å². The quantitative estimate of drug-likeness (QED) is 0.748. The highest BCUT2D eigenvalue weighted by Gasteiger charge is 1.99. The summed E-state index contributed by atoms with van der Waals surface area (Å²) in [7, 11) is 0. The molecule has 1 aromatic heterocycles. The van der Waals surface area contributed by atoms with Crippen LogP contribution in [0.25, 0.3) is 0 Å². The monoisotopic (exact) mass is 236 g/mol. The normalized spacial score (nSPS) is 10.2. The highest BCUT2D eigenvalue weighted by atomic mass is 32.1. The largest absolute Gasteiger partial charge is 0.508 e. The SMILES string of the molecule is Nc1nsc(NCCc2ccc(O)cc2)n1. The molecule has 0 spiro atoms. The van der Waals surface area contributed by atoms with Crippen LogP contribution in [0.2, 0.25) is 0 Å². The molecule has 1 heterocycles. The third kappa shape index (κ3) is 2.83. The van der Waals surface area contributed by atoms with Crippen molar-refractivity contribution in [2.45, 2.75) is 6.42 Å². The van der Waals surface area contributed by atoms with Crippen molar-refractivity contribution < 1.29 is 5.11 Å². The Balaban J connectivity index is 1.82. The number of rotatable bonds is 4. The molecule has 0 bridgehead atoms. The Labute approximate surface area is 97.1 Å². The van der Waals surface area contributed by atoms with E-state index in [2.05, 4.69) is 14.7 Å². The summed E-state index contributed by atoms with van der Waals surface area (Å²) in [4.78, 5) is 3.99. The predicted molar refractivity (Wildman–Crippen MR) is 64.6 cm³/mol. The summed E-state index contributed by atoms with van der Waals surface area (Å²) < 4.78 is 3.87. The Morgan fingerprint density at radius 1 is 1.31 bits per heavy atom. The molecular formula is C10H12N4OS. The number of phenols is 1. The van der Waals surface area contributed by atoms with Crippen molar-refractivity contribution in [1.82, 2.24) is 9.36 Å². The predicted octanol–water partition coefficient (Wildman–Crippen LogP) is 1.48. The summed E-state index contributed by atoms with van der Waals surface area (Å²) in [5.41, 5.74) is 6.55. The number of aromatic nitrogens is 2.